The van der Waals surface area contributed by atoms with Gasteiger partial charge in [0.1, 0.15) is 12.9 Å². The molecule has 6 nitrogen and oxygen atoms in total. The highest BCUT2D eigenvalue weighted by molar-refractivity contribution is 9.10. The highest BCUT2D eigenvalue weighted by Gasteiger charge is 2.07. The van der Waals surface area contributed by atoms with Crippen LogP contribution in [0.2, 0.25) is 0 Å². The molecule has 0 aliphatic rings. The maximum atomic E-state index is 5.92. The third kappa shape index (κ3) is 4.80. The van der Waals surface area contributed by atoms with E-state index in [0.717, 1.165) is 15.6 Å². The van der Waals surface area contributed by atoms with Crippen LogP contribution in [-0.2, 0) is 6.61 Å². The Morgan fingerprint density at radius 2 is 2.00 bits per heavy atom. The standard InChI is InChI=1S/C18H17BrN4O2S/c1-2-24-17-9-14(10-21-23-12-20-22-18(23)26)5-8-16(17)25-11-13-3-6-15(19)7-4-13/h3-10,12H,2,11H2,1H3,(H,22,26)/b21-10-. The molecule has 1 aromatic heterocycles. The van der Waals surface area contributed by atoms with Gasteiger partial charge in [-0.2, -0.15) is 14.9 Å². The van der Waals surface area contributed by atoms with Crippen molar-refractivity contribution in [2.45, 2.75) is 13.5 Å². The fraction of sp³-hybridized carbons (Fsp3) is 0.167. The number of hydrogen-bond acceptors (Lipinski definition) is 5. The SMILES string of the molecule is CCOc1cc(/C=N\n2cn[nH]c2=S)ccc1OCc1ccc(Br)cc1. The number of ether oxygens (including phenoxy) is 2. The lowest BCUT2D eigenvalue weighted by molar-refractivity contribution is 0.269. The Bertz CT molecular complexity index is 950. The number of aromatic nitrogens is 3. The summed E-state index contributed by atoms with van der Waals surface area (Å²) >= 11 is 8.49. The first-order valence-corrected chi connectivity index (χ1v) is 9.16. The van der Waals surface area contributed by atoms with Crippen LogP contribution in [0.4, 0.5) is 0 Å². The Kier molecular flexibility index (Phi) is 6.19. The predicted molar refractivity (Wildman–Crippen MR) is 106 cm³/mol. The minimum Gasteiger partial charge on any atom is -0.490 e. The molecule has 0 saturated carbocycles. The molecule has 26 heavy (non-hydrogen) atoms. The van der Waals surface area contributed by atoms with Crippen LogP contribution in [0.25, 0.3) is 0 Å². The summed E-state index contributed by atoms with van der Waals surface area (Å²) in [5.74, 6) is 1.36. The van der Waals surface area contributed by atoms with E-state index in [1.807, 2.05) is 49.4 Å². The zero-order valence-electron chi connectivity index (χ0n) is 14.1. The summed E-state index contributed by atoms with van der Waals surface area (Å²) in [5.41, 5.74) is 1.95. The van der Waals surface area contributed by atoms with E-state index in [9.17, 15) is 0 Å². The quantitative estimate of drug-likeness (QED) is 0.438. The van der Waals surface area contributed by atoms with E-state index in [1.165, 1.54) is 11.0 Å². The highest BCUT2D eigenvalue weighted by atomic mass is 79.9. The van der Waals surface area contributed by atoms with Gasteiger partial charge in [0.2, 0.25) is 4.77 Å². The van der Waals surface area contributed by atoms with Crippen molar-refractivity contribution in [3.63, 3.8) is 0 Å². The van der Waals surface area contributed by atoms with Crippen molar-refractivity contribution in [1.29, 1.82) is 0 Å². The van der Waals surface area contributed by atoms with Crippen molar-refractivity contribution in [2.75, 3.05) is 6.61 Å². The van der Waals surface area contributed by atoms with E-state index in [-0.39, 0.29) is 0 Å². The molecule has 0 aliphatic heterocycles. The normalized spacial score (nSPS) is 11.0. The first-order chi connectivity index (χ1) is 12.7. The molecule has 134 valence electrons. The topological polar surface area (TPSA) is 64.4 Å². The van der Waals surface area contributed by atoms with Gasteiger partial charge >= 0.3 is 0 Å². The minimum absolute atomic E-state index is 0.431. The molecule has 2 aromatic carbocycles. The first kappa shape index (κ1) is 18.3. The smallest absolute Gasteiger partial charge is 0.216 e. The third-order valence-corrected chi connectivity index (χ3v) is 4.25. The van der Waals surface area contributed by atoms with Gasteiger partial charge in [-0.05, 0) is 60.6 Å². The van der Waals surface area contributed by atoms with Crippen LogP contribution in [-0.4, -0.2) is 27.7 Å². The van der Waals surface area contributed by atoms with E-state index in [0.29, 0.717) is 29.5 Å². The van der Waals surface area contributed by atoms with E-state index < -0.39 is 0 Å². The molecule has 0 bridgehead atoms. The molecular weight excluding hydrogens is 416 g/mol. The summed E-state index contributed by atoms with van der Waals surface area (Å²) < 4.78 is 14.6. The highest BCUT2D eigenvalue weighted by Crippen LogP contribution is 2.29. The fourth-order valence-corrected chi connectivity index (χ4v) is 2.60. The van der Waals surface area contributed by atoms with E-state index >= 15 is 0 Å². The first-order valence-electron chi connectivity index (χ1n) is 7.96. The summed E-state index contributed by atoms with van der Waals surface area (Å²) in [4.78, 5) is 0. The van der Waals surface area contributed by atoms with Gasteiger partial charge in [-0.3, -0.25) is 5.10 Å². The number of halogens is 1. The number of aromatic amines is 1. The van der Waals surface area contributed by atoms with Gasteiger partial charge in [0.15, 0.2) is 11.5 Å². The molecule has 3 aromatic rings. The molecule has 0 radical (unpaired) electrons. The molecular formula is C18H17BrN4O2S. The zero-order valence-corrected chi connectivity index (χ0v) is 16.5. The Hall–Kier alpha value is -2.45. The zero-order chi connectivity index (χ0) is 18.4. The average Bonchev–Trinajstić information content (AvgIpc) is 3.06. The Balaban J connectivity index is 1.75. The fourth-order valence-electron chi connectivity index (χ4n) is 2.19. The van der Waals surface area contributed by atoms with Crippen LogP contribution in [0.1, 0.15) is 18.1 Å². The second-order valence-corrected chi connectivity index (χ2v) is 6.61. The van der Waals surface area contributed by atoms with Crippen molar-refractivity contribution in [3.05, 3.63) is 69.2 Å². The number of hydrogen-bond donors (Lipinski definition) is 1. The molecule has 0 atom stereocenters. The second kappa shape index (κ2) is 8.77. The Morgan fingerprint density at radius 1 is 1.19 bits per heavy atom. The van der Waals surface area contributed by atoms with Crippen molar-refractivity contribution in [2.24, 2.45) is 5.10 Å². The number of nitrogens with zero attached hydrogens (tertiary/aromatic N) is 3. The Labute approximate surface area is 164 Å². The molecule has 0 saturated heterocycles. The predicted octanol–water partition coefficient (Wildman–Crippen LogP) is 4.56. The maximum Gasteiger partial charge on any atom is 0.216 e. The molecule has 1 heterocycles. The molecule has 1 N–H and O–H groups in total. The molecule has 3 rings (SSSR count). The monoisotopic (exact) mass is 432 g/mol. The molecule has 0 aliphatic carbocycles. The lowest BCUT2D eigenvalue weighted by atomic mass is 10.2. The minimum atomic E-state index is 0.431. The van der Waals surface area contributed by atoms with Gasteiger partial charge in [0.25, 0.3) is 0 Å². The van der Waals surface area contributed by atoms with Gasteiger partial charge in [-0.15, -0.1) is 0 Å². The second-order valence-electron chi connectivity index (χ2n) is 5.30. The van der Waals surface area contributed by atoms with Crippen molar-refractivity contribution in [3.8, 4) is 11.5 Å². The summed E-state index contributed by atoms with van der Waals surface area (Å²) in [6.45, 7) is 2.94. The van der Waals surface area contributed by atoms with Gasteiger partial charge in [-0.1, -0.05) is 28.1 Å². The van der Waals surface area contributed by atoms with Crippen LogP contribution in [0.15, 0.2) is 58.4 Å². The summed E-state index contributed by atoms with van der Waals surface area (Å²) in [5, 5.41) is 10.7. The van der Waals surface area contributed by atoms with Gasteiger partial charge < -0.3 is 9.47 Å². The van der Waals surface area contributed by atoms with Crippen LogP contribution in [0.5, 0.6) is 11.5 Å². The summed E-state index contributed by atoms with van der Waals surface area (Å²) in [7, 11) is 0. The lowest BCUT2D eigenvalue weighted by Gasteiger charge is -2.12. The average molecular weight is 433 g/mol. The summed E-state index contributed by atoms with van der Waals surface area (Å²) in [6.07, 6.45) is 3.20. The lowest BCUT2D eigenvalue weighted by Crippen LogP contribution is -2.00. The Morgan fingerprint density at radius 3 is 2.69 bits per heavy atom. The molecule has 0 spiro atoms. The number of rotatable bonds is 7. The number of nitrogens with one attached hydrogen (secondary N) is 1. The van der Waals surface area contributed by atoms with Crippen LogP contribution < -0.4 is 9.47 Å². The molecule has 0 fully saturated rings. The van der Waals surface area contributed by atoms with Gasteiger partial charge in [0.05, 0.1) is 12.8 Å². The van der Waals surface area contributed by atoms with E-state index in [4.69, 9.17) is 21.7 Å². The summed E-state index contributed by atoms with van der Waals surface area (Å²) in [6, 6.07) is 13.7. The molecule has 0 amide bonds. The van der Waals surface area contributed by atoms with Crippen molar-refractivity contribution >= 4 is 34.4 Å². The number of benzene rings is 2. The third-order valence-electron chi connectivity index (χ3n) is 3.44. The largest absolute Gasteiger partial charge is 0.490 e. The van der Waals surface area contributed by atoms with Crippen LogP contribution in [0.3, 0.4) is 0 Å². The van der Waals surface area contributed by atoms with Gasteiger partial charge in [0, 0.05) is 4.47 Å². The number of H-pyrrole nitrogens is 1. The van der Waals surface area contributed by atoms with Crippen LogP contribution >= 0.6 is 28.1 Å². The van der Waals surface area contributed by atoms with E-state index in [1.54, 1.807) is 6.21 Å². The van der Waals surface area contributed by atoms with Gasteiger partial charge in [-0.25, -0.2) is 0 Å². The maximum absolute atomic E-state index is 5.92. The molecule has 0 unspecified atom stereocenters. The van der Waals surface area contributed by atoms with Crippen molar-refractivity contribution < 1.29 is 9.47 Å². The van der Waals surface area contributed by atoms with Crippen LogP contribution in [0, 0.1) is 4.77 Å². The van der Waals surface area contributed by atoms with Crippen molar-refractivity contribution in [1.82, 2.24) is 14.9 Å². The van der Waals surface area contributed by atoms with E-state index in [2.05, 4.69) is 31.2 Å². The molecule has 8 heteroatoms.